The zero-order chi connectivity index (χ0) is 19.4. The summed E-state index contributed by atoms with van der Waals surface area (Å²) in [6, 6.07) is 6.42. The third-order valence-electron chi connectivity index (χ3n) is 4.74. The first-order valence-electron chi connectivity index (χ1n) is 8.78. The van der Waals surface area contributed by atoms with Gasteiger partial charge in [-0.1, -0.05) is 23.7 Å². The summed E-state index contributed by atoms with van der Waals surface area (Å²) in [7, 11) is 0. The van der Waals surface area contributed by atoms with Gasteiger partial charge in [-0.15, -0.1) is 12.3 Å². The minimum Gasteiger partial charge on any atom is -0.339 e. The molecule has 2 aliphatic rings. The van der Waals surface area contributed by atoms with E-state index in [1.54, 1.807) is 4.90 Å². The predicted octanol–water partition coefficient (Wildman–Crippen LogP) is 0.928. The van der Waals surface area contributed by atoms with Crippen molar-refractivity contribution >= 4 is 29.4 Å². The van der Waals surface area contributed by atoms with E-state index >= 15 is 0 Å². The van der Waals surface area contributed by atoms with E-state index < -0.39 is 18.0 Å². The number of carbonyl (C=O) groups is 3. The number of rotatable bonds is 5. The van der Waals surface area contributed by atoms with Crippen LogP contribution in [0.5, 0.6) is 0 Å². The van der Waals surface area contributed by atoms with Crippen LogP contribution in [0.3, 0.4) is 0 Å². The van der Waals surface area contributed by atoms with Gasteiger partial charge in [0.25, 0.3) is 5.91 Å². The third-order valence-corrected chi connectivity index (χ3v) is 4.98. The summed E-state index contributed by atoms with van der Waals surface area (Å²) in [4.78, 5) is 41.4. The minimum absolute atomic E-state index is 0.122. The standard InChI is InChI=1S/C19H21ClN4O3/c1-2-4-16-18(26)24(19(27)21-16)13-17(25)23-9-7-22(8-10-23)12-14-5-3-6-15(20)11-14/h1,3,5-6,11,16H,4,7-10,12-13H2,(H,21,27)/t16-/m0/s1. The van der Waals surface area contributed by atoms with Crippen LogP contribution in [0.2, 0.25) is 5.02 Å². The number of hydrogen-bond acceptors (Lipinski definition) is 4. The van der Waals surface area contributed by atoms with E-state index in [1.807, 2.05) is 24.3 Å². The number of urea groups is 1. The second-order valence-electron chi connectivity index (χ2n) is 6.62. The van der Waals surface area contributed by atoms with Gasteiger partial charge >= 0.3 is 6.03 Å². The SMILES string of the molecule is C#CC[C@@H]1NC(=O)N(CC(=O)N2CCN(Cc3cccc(Cl)c3)CC2)C1=O. The first-order valence-corrected chi connectivity index (χ1v) is 9.15. The highest BCUT2D eigenvalue weighted by atomic mass is 35.5. The maximum atomic E-state index is 12.5. The highest BCUT2D eigenvalue weighted by Crippen LogP contribution is 2.15. The fourth-order valence-electron chi connectivity index (χ4n) is 3.27. The fraction of sp³-hybridized carbons (Fsp3) is 0.421. The van der Waals surface area contributed by atoms with E-state index in [2.05, 4.69) is 16.1 Å². The van der Waals surface area contributed by atoms with Gasteiger partial charge < -0.3 is 10.2 Å². The molecule has 27 heavy (non-hydrogen) atoms. The Morgan fingerprint density at radius 3 is 2.67 bits per heavy atom. The molecule has 3 rings (SSSR count). The maximum Gasteiger partial charge on any atom is 0.325 e. The normalized spacial score (nSPS) is 20.5. The molecule has 2 saturated heterocycles. The van der Waals surface area contributed by atoms with E-state index in [-0.39, 0.29) is 18.9 Å². The number of amides is 4. The van der Waals surface area contributed by atoms with Crippen LogP contribution in [-0.2, 0) is 16.1 Å². The molecule has 4 amide bonds. The van der Waals surface area contributed by atoms with Crippen LogP contribution < -0.4 is 5.32 Å². The van der Waals surface area contributed by atoms with Gasteiger partial charge in [0.15, 0.2) is 0 Å². The van der Waals surface area contributed by atoms with E-state index in [0.717, 1.165) is 30.1 Å². The summed E-state index contributed by atoms with van der Waals surface area (Å²) >= 11 is 6.01. The van der Waals surface area contributed by atoms with E-state index in [9.17, 15) is 14.4 Å². The number of terminal acetylenes is 1. The number of nitrogens with zero attached hydrogens (tertiary/aromatic N) is 3. The number of imide groups is 1. The molecule has 0 radical (unpaired) electrons. The molecule has 0 saturated carbocycles. The van der Waals surface area contributed by atoms with Crippen molar-refractivity contribution in [3.05, 3.63) is 34.9 Å². The largest absolute Gasteiger partial charge is 0.339 e. The number of benzene rings is 1. The first-order chi connectivity index (χ1) is 13.0. The van der Waals surface area contributed by atoms with Crippen LogP contribution in [0.15, 0.2) is 24.3 Å². The van der Waals surface area contributed by atoms with Gasteiger partial charge in [-0.25, -0.2) is 4.79 Å². The van der Waals surface area contributed by atoms with Crippen LogP contribution in [0.25, 0.3) is 0 Å². The lowest BCUT2D eigenvalue weighted by Crippen LogP contribution is -2.51. The predicted molar refractivity (Wildman–Crippen MR) is 101 cm³/mol. The van der Waals surface area contributed by atoms with Crippen LogP contribution >= 0.6 is 11.6 Å². The highest BCUT2D eigenvalue weighted by molar-refractivity contribution is 6.30. The molecule has 0 unspecified atom stereocenters. The molecule has 8 heteroatoms. The summed E-state index contributed by atoms with van der Waals surface area (Å²) in [5.41, 5.74) is 1.13. The van der Waals surface area contributed by atoms with Crippen molar-refractivity contribution in [2.24, 2.45) is 0 Å². The Hall–Kier alpha value is -2.56. The summed E-state index contributed by atoms with van der Waals surface area (Å²) in [6.45, 7) is 3.06. The fourth-order valence-corrected chi connectivity index (χ4v) is 3.48. The van der Waals surface area contributed by atoms with Crippen molar-refractivity contribution in [3.63, 3.8) is 0 Å². The molecular weight excluding hydrogens is 368 g/mol. The summed E-state index contributed by atoms with van der Waals surface area (Å²) < 4.78 is 0. The molecule has 0 aromatic heterocycles. The zero-order valence-corrected chi connectivity index (χ0v) is 15.6. The third kappa shape index (κ3) is 4.59. The molecule has 2 aliphatic heterocycles. The van der Waals surface area contributed by atoms with Gasteiger partial charge in [0.2, 0.25) is 5.91 Å². The Bertz CT molecular complexity index is 783. The monoisotopic (exact) mass is 388 g/mol. The molecule has 1 N–H and O–H groups in total. The summed E-state index contributed by atoms with van der Waals surface area (Å²) in [5, 5.41) is 3.21. The second-order valence-corrected chi connectivity index (χ2v) is 7.06. The van der Waals surface area contributed by atoms with Crippen molar-refractivity contribution in [2.45, 2.75) is 19.0 Å². The van der Waals surface area contributed by atoms with Crippen molar-refractivity contribution in [1.82, 2.24) is 20.0 Å². The maximum absolute atomic E-state index is 12.5. The zero-order valence-electron chi connectivity index (χ0n) is 14.9. The van der Waals surface area contributed by atoms with Gasteiger partial charge in [0.05, 0.1) is 0 Å². The Morgan fingerprint density at radius 2 is 2.00 bits per heavy atom. The minimum atomic E-state index is -0.732. The number of hydrogen-bond donors (Lipinski definition) is 1. The molecule has 0 aliphatic carbocycles. The number of halogens is 1. The summed E-state index contributed by atoms with van der Waals surface area (Å²) in [6.07, 6.45) is 5.32. The lowest BCUT2D eigenvalue weighted by atomic mass is 10.2. The van der Waals surface area contributed by atoms with Gasteiger partial charge in [-0.3, -0.25) is 19.4 Å². The second kappa shape index (κ2) is 8.42. The molecule has 2 heterocycles. The Morgan fingerprint density at radius 1 is 1.26 bits per heavy atom. The van der Waals surface area contributed by atoms with Gasteiger partial charge in [0, 0.05) is 44.2 Å². The molecule has 2 fully saturated rings. The quantitative estimate of drug-likeness (QED) is 0.601. The van der Waals surface area contributed by atoms with Crippen molar-refractivity contribution in [3.8, 4) is 12.3 Å². The Kier molecular flexibility index (Phi) is 5.99. The molecule has 1 aromatic rings. The molecule has 7 nitrogen and oxygen atoms in total. The lowest BCUT2D eigenvalue weighted by molar-refractivity contribution is -0.138. The lowest BCUT2D eigenvalue weighted by Gasteiger charge is -2.35. The smallest absolute Gasteiger partial charge is 0.325 e. The average Bonchev–Trinajstić information content (AvgIpc) is 2.90. The van der Waals surface area contributed by atoms with E-state index in [0.29, 0.717) is 18.1 Å². The van der Waals surface area contributed by atoms with E-state index in [1.165, 1.54) is 0 Å². The average molecular weight is 389 g/mol. The number of piperazine rings is 1. The van der Waals surface area contributed by atoms with Gasteiger partial charge in [-0.05, 0) is 17.7 Å². The van der Waals surface area contributed by atoms with Crippen molar-refractivity contribution in [1.29, 1.82) is 0 Å². The molecule has 0 bridgehead atoms. The molecule has 142 valence electrons. The Labute approximate surface area is 163 Å². The summed E-state index contributed by atoms with van der Waals surface area (Å²) in [5.74, 6) is 1.68. The van der Waals surface area contributed by atoms with Gasteiger partial charge in [0.1, 0.15) is 12.6 Å². The van der Waals surface area contributed by atoms with Crippen LogP contribution in [0.4, 0.5) is 4.79 Å². The molecular formula is C19H21ClN4O3. The van der Waals surface area contributed by atoms with Crippen molar-refractivity contribution < 1.29 is 14.4 Å². The topological polar surface area (TPSA) is 73.0 Å². The number of carbonyl (C=O) groups excluding carboxylic acids is 3. The van der Waals surface area contributed by atoms with E-state index in [4.69, 9.17) is 18.0 Å². The van der Waals surface area contributed by atoms with Crippen LogP contribution in [-0.4, -0.2) is 71.3 Å². The highest BCUT2D eigenvalue weighted by Gasteiger charge is 2.39. The Balaban J connectivity index is 1.49. The molecule has 1 aromatic carbocycles. The van der Waals surface area contributed by atoms with Crippen molar-refractivity contribution in [2.75, 3.05) is 32.7 Å². The van der Waals surface area contributed by atoms with Gasteiger partial charge in [-0.2, -0.15) is 0 Å². The first kappa shape index (κ1) is 19.2. The van der Waals surface area contributed by atoms with Crippen LogP contribution in [0.1, 0.15) is 12.0 Å². The van der Waals surface area contributed by atoms with Crippen LogP contribution in [0, 0.1) is 12.3 Å². The molecule has 1 atom stereocenters. The number of nitrogens with one attached hydrogen (secondary N) is 1. The molecule has 0 spiro atoms.